The number of benzene rings is 1. The maximum absolute atomic E-state index is 4.23. The third kappa shape index (κ3) is 7.18. The first-order valence-electron chi connectivity index (χ1n) is 7.97. The van der Waals surface area contributed by atoms with Gasteiger partial charge in [0.2, 0.25) is 0 Å². The molecule has 0 aliphatic heterocycles. The molecule has 0 spiro atoms. The van der Waals surface area contributed by atoms with Gasteiger partial charge in [0.05, 0.1) is 0 Å². The predicted octanol–water partition coefficient (Wildman–Crippen LogP) is 2.56. The molecule has 1 rings (SSSR count). The van der Waals surface area contributed by atoms with Crippen molar-refractivity contribution in [3.8, 4) is 0 Å². The van der Waals surface area contributed by atoms with Crippen LogP contribution in [0.3, 0.4) is 0 Å². The summed E-state index contributed by atoms with van der Waals surface area (Å²) >= 11 is 1.83. The van der Waals surface area contributed by atoms with Crippen molar-refractivity contribution in [3.63, 3.8) is 0 Å². The highest BCUT2D eigenvalue weighted by atomic mass is 32.2. The molecule has 1 aromatic rings. The molecule has 1 aromatic carbocycles. The average molecular weight is 323 g/mol. The molecule has 0 amide bonds. The third-order valence-corrected chi connectivity index (χ3v) is 4.22. The van der Waals surface area contributed by atoms with E-state index in [0.717, 1.165) is 44.4 Å². The van der Waals surface area contributed by atoms with Gasteiger partial charge in [-0.05, 0) is 30.5 Å². The molecule has 0 fully saturated rings. The maximum Gasteiger partial charge on any atom is 0.191 e. The van der Waals surface area contributed by atoms with Crippen LogP contribution in [-0.2, 0) is 13.1 Å². The number of nitrogens with one attached hydrogen (secondary N) is 2. The van der Waals surface area contributed by atoms with E-state index in [0.29, 0.717) is 0 Å². The van der Waals surface area contributed by atoms with E-state index >= 15 is 0 Å². The average Bonchev–Trinajstić information content (AvgIpc) is 2.57. The quantitative estimate of drug-likeness (QED) is 0.416. The van der Waals surface area contributed by atoms with Crippen molar-refractivity contribution in [1.29, 1.82) is 0 Å². The van der Waals surface area contributed by atoms with E-state index in [2.05, 4.69) is 64.9 Å². The molecule has 0 aromatic heterocycles. The van der Waals surface area contributed by atoms with Gasteiger partial charge in [-0.2, -0.15) is 11.8 Å². The van der Waals surface area contributed by atoms with Gasteiger partial charge in [-0.15, -0.1) is 0 Å². The summed E-state index contributed by atoms with van der Waals surface area (Å²) in [6.07, 6.45) is 2.11. The van der Waals surface area contributed by atoms with Crippen molar-refractivity contribution in [2.45, 2.75) is 26.9 Å². The van der Waals surface area contributed by atoms with Crippen LogP contribution in [0.5, 0.6) is 0 Å². The Labute approximate surface area is 139 Å². The van der Waals surface area contributed by atoms with E-state index in [-0.39, 0.29) is 0 Å². The molecule has 22 heavy (non-hydrogen) atoms. The number of guanidine groups is 1. The predicted molar refractivity (Wildman–Crippen MR) is 99.7 cm³/mol. The molecule has 0 atom stereocenters. The zero-order valence-corrected chi connectivity index (χ0v) is 15.2. The molecule has 0 saturated carbocycles. The first-order chi connectivity index (χ1) is 10.7. The minimum atomic E-state index is 0.796. The molecule has 0 radical (unpaired) electrons. The first-order valence-corrected chi connectivity index (χ1v) is 9.36. The molecule has 4 nitrogen and oxygen atoms in total. The van der Waals surface area contributed by atoms with Gasteiger partial charge < -0.3 is 10.6 Å². The highest BCUT2D eigenvalue weighted by Crippen LogP contribution is 2.07. The van der Waals surface area contributed by atoms with Gasteiger partial charge in [-0.25, -0.2) is 0 Å². The number of nitrogens with zero attached hydrogens (tertiary/aromatic N) is 2. The topological polar surface area (TPSA) is 39.7 Å². The van der Waals surface area contributed by atoms with Crippen LogP contribution in [-0.4, -0.2) is 49.6 Å². The van der Waals surface area contributed by atoms with Crippen LogP contribution in [0.4, 0.5) is 0 Å². The summed E-state index contributed by atoms with van der Waals surface area (Å²) in [5, 5.41) is 6.65. The van der Waals surface area contributed by atoms with Gasteiger partial charge in [0.1, 0.15) is 0 Å². The van der Waals surface area contributed by atoms with E-state index in [1.807, 2.05) is 18.8 Å². The van der Waals surface area contributed by atoms with E-state index in [4.69, 9.17) is 0 Å². The largest absolute Gasteiger partial charge is 0.356 e. The zero-order valence-electron chi connectivity index (χ0n) is 14.4. The molecular formula is C17H30N4S. The van der Waals surface area contributed by atoms with Crippen LogP contribution in [0, 0.1) is 0 Å². The minimum absolute atomic E-state index is 0.796. The standard InChI is InChI=1S/C17H30N4S/c1-5-21(6-2)14-16-9-7-15(8-10-16)13-20-17(18-3)19-11-12-22-4/h7-10H,5-6,11-14H2,1-4H3,(H2,18,19,20). The lowest BCUT2D eigenvalue weighted by molar-refractivity contribution is 0.296. The van der Waals surface area contributed by atoms with Crippen LogP contribution in [0.1, 0.15) is 25.0 Å². The summed E-state index contributed by atoms with van der Waals surface area (Å²) < 4.78 is 0. The molecule has 0 unspecified atom stereocenters. The Morgan fingerprint density at radius 2 is 1.73 bits per heavy atom. The normalized spacial score (nSPS) is 11.8. The molecule has 124 valence electrons. The Morgan fingerprint density at radius 3 is 2.27 bits per heavy atom. The van der Waals surface area contributed by atoms with Crippen molar-refractivity contribution in [1.82, 2.24) is 15.5 Å². The summed E-state index contributed by atoms with van der Waals surface area (Å²) in [6.45, 7) is 9.36. The molecular weight excluding hydrogens is 292 g/mol. The van der Waals surface area contributed by atoms with Crippen LogP contribution >= 0.6 is 11.8 Å². The van der Waals surface area contributed by atoms with Crippen LogP contribution in [0.15, 0.2) is 29.3 Å². The molecule has 2 N–H and O–H groups in total. The van der Waals surface area contributed by atoms with E-state index in [9.17, 15) is 0 Å². The van der Waals surface area contributed by atoms with Crippen molar-refractivity contribution >= 4 is 17.7 Å². The second-order valence-electron chi connectivity index (χ2n) is 5.12. The number of rotatable bonds is 9. The summed E-state index contributed by atoms with van der Waals surface area (Å²) in [7, 11) is 1.81. The van der Waals surface area contributed by atoms with Gasteiger partial charge in [0, 0.05) is 32.4 Å². The second kappa shape index (κ2) is 11.4. The fraction of sp³-hybridized carbons (Fsp3) is 0.588. The number of hydrogen-bond acceptors (Lipinski definition) is 3. The lowest BCUT2D eigenvalue weighted by Gasteiger charge is -2.18. The van der Waals surface area contributed by atoms with Crippen molar-refractivity contribution in [2.24, 2.45) is 4.99 Å². The Bertz CT molecular complexity index is 427. The van der Waals surface area contributed by atoms with Crippen molar-refractivity contribution < 1.29 is 0 Å². The highest BCUT2D eigenvalue weighted by molar-refractivity contribution is 7.98. The smallest absolute Gasteiger partial charge is 0.191 e. The van der Waals surface area contributed by atoms with Crippen LogP contribution < -0.4 is 10.6 Å². The Morgan fingerprint density at radius 1 is 1.09 bits per heavy atom. The molecule has 0 aliphatic rings. The van der Waals surface area contributed by atoms with Crippen LogP contribution in [0.25, 0.3) is 0 Å². The lowest BCUT2D eigenvalue weighted by atomic mass is 10.1. The second-order valence-corrected chi connectivity index (χ2v) is 6.11. The molecule has 0 saturated heterocycles. The van der Waals surface area contributed by atoms with E-state index in [1.54, 1.807) is 0 Å². The van der Waals surface area contributed by atoms with Gasteiger partial charge in [-0.1, -0.05) is 38.1 Å². The van der Waals surface area contributed by atoms with Gasteiger partial charge >= 0.3 is 0 Å². The highest BCUT2D eigenvalue weighted by Gasteiger charge is 2.02. The van der Waals surface area contributed by atoms with Crippen molar-refractivity contribution in [3.05, 3.63) is 35.4 Å². The fourth-order valence-corrected chi connectivity index (χ4v) is 2.45. The number of aliphatic imine (C=N–C) groups is 1. The Balaban J connectivity index is 2.43. The molecule has 0 heterocycles. The molecule has 0 bridgehead atoms. The van der Waals surface area contributed by atoms with Gasteiger partial charge in [0.15, 0.2) is 5.96 Å². The summed E-state index contributed by atoms with van der Waals surface area (Å²) in [5.41, 5.74) is 2.64. The summed E-state index contributed by atoms with van der Waals surface area (Å²) in [5.74, 6) is 1.95. The van der Waals surface area contributed by atoms with E-state index in [1.165, 1.54) is 11.1 Å². The zero-order chi connectivity index (χ0) is 16.2. The monoisotopic (exact) mass is 322 g/mol. The number of thioether (sulfide) groups is 1. The minimum Gasteiger partial charge on any atom is -0.356 e. The van der Waals surface area contributed by atoms with Gasteiger partial charge in [0.25, 0.3) is 0 Å². The first kappa shape index (κ1) is 18.8. The molecule has 5 heteroatoms. The lowest BCUT2D eigenvalue weighted by Crippen LogP contribution is -2.37. The Hall–Kier alpha value is -1.20. The third-order valence-electron chi connectivity index (χ3n) is 3.61. The summed E-state index contributed by atoms with van der Waals surface area (Å²) in [6, 6.07) is 8.83. The van der Waals surface area contributed by atoms with Crippen molar-refractivity contribution in [2.75, 3.05) is 38.7 Å². The fourth-order valence-electron chi connectivity index (χ4n) is 2.15. The molecule has 0 aliphatic carbocycles. The Kier molecular flexibility index (Phi) is 9.75. The summed E-state index contributed by atoms with van der Waals surface area (Å²) in [4.78, 5) is 6.65. The SMILES string of the molecule is CCN(CC)Cc1ccc(CNC(=NC)NCCSC)cc1. The maximum atomic E-state index is 4.23. The van der Waals surface area contributed by atoms with Gasteiger partial charge in [-0.3, -0.25) is 9.89 Å². The van der Waals surface area contributed by atoms with E-state index < -0.39 is 0 Å². The number of hydrogen-bond donors (Lipinski definition) is 2. The van der Waals surface area contributed by atoms with Crippen LogP contribution in [0.2, 0.25) is 0 Å².